The van der Waals surface area contributed by atoms with Gasteiger partial charge in [0, 0.05) is 12.6 Å². The van der Waals surface area contributed by atoms with Crippen molar-refractivity contribution in [2.45, 2.75) is 19.3 Å². The van der Waals surface area contributed by atoms with Crippen molar-refractivity contribution in [3.05, 3.63) is 42.5 Å². The highest BCUT2D eigenvalue weighted by Gasteiger charge is 2.31. The van der Waals surface area contributed by atoms with Crippen molar-refractivity contribution in [1.29, 1.82) is 0 Å². The molecule has 116 valence electrons. The summed E-state index contributed by atoms with van der Waals surface area (Å²) in [5.41, 5.74) is 0.688. The minimum atomic E-state index is -4.73. The number of alkyl halides is 3. The molecule has 0 aromatic heterocycles. The Kier molecular flexibility index (Phi) is 5.78. The van der Waals surface area contributed by atoms with Crippen molar-refractivity contribution < 1.29 is 27.8 Å². The van der Waals surface area contributed by atoms with Gasteiger partial charge in [0.25, 0.3) is 0 Å². The SMILES string of the molecule is C=CCN(CC(=O)O)C(C)c1ccc(OC(F)(F)F)cc1. The van der Waals surface area contributed by atoms with Gasteiger partial charge in [-0.3, -0.25) is 9.69 Å². The van der Waals surface area contributed by atoms with Crippen LogP contribution < -0.4 is 4.74 Å². The van der Waals surface area contributed by atoms with E-state index < -0.39 is 12.3 Å². The summed E-state index contributed by atoms with van der Waals surface area (Å²) in [5, 5.41) is 8.86. The smallest absolute Gasteiger partial charge is 0.480 e. The maximum Gasteiger partial charge on any atom is 0.573 e. The van der Waals surface area contributed by atoms with Crippen LogP contribution in [0.3, 0.4) is 0 Å². The van der Waals surface area contributed by atoms with Crippen molar-refractivity contribution in [3.63, 3.8) is 0 Å². The first-order valence-electron chi connectivity index (χ1n) is 6.15. The van der Waals surface area contributed by atoms with Crippen molar-refractivity contribution in [3.8, 4) is 5.75 Å². The van der Waals surface area contributed by atoms with Gasteiger partial charge in [0.15, 0.2) is 0 Å². The molecule has 21 heavy (non-hydrogen) atoms. The molecule has 0 saturated heterocycles. The van der Waals surface area contributed by atoms with E-state index in [4.69, 9.17) is 5.11 Å². The zero-order valence-corrected chi connectivity index (χ0v) is 11.4. The van der Waals surface area contributed by atoms with Crippen LogP contribution in [0.25, 0.3) is 0 Å². The third-order valence-electron chi connectivity index (χ3n) is 2.85. The molecule has 0 radical (unpaired) electrons. The lowest BCUT2D eigenvalue weighted by Gasteiger charge is -2.26. The number of carboxylic acids is 1. The summed E-state index contributed by atoms with van der Waals surface area (Å²) in [5.74, 6) is -1.30. The van der Waals surface area contributed by atoms with Gasteiger partial charge in [-0.2, -0.15) is 0 Å². The summed E-state index contributed by atoms with van der Waals surface area (Å²) >= 11 is 0. The lowest BCUT2D eigenvalue weighted by molar-refractivity contribution is -0.274. The molecule has 0 fully saturated rings. The van der Waals surface area contributed by atoms with Gasteiger partial charge < -0.3 is 9.84 Å². The zero-order valence-electron chi connectivity index (χ0n) is 11.4. The van der Waals surface area contributed by atoms with Crippen molar-refractivity contribution in [2.24, 2.45) is 0 Å². The number of halogens is 3. The van der Waals surface area contributed by atoms with Gasteiger partial charge in [0.2, 0.25) is 0 Å². The Labute approximate surface area is 120 Å². The second kappa shape index (κ2) is 7.12. The van der Waals surface area contributed by atoms with E-state index in [2.05, 4.69) is 11.3 Å². The van der Waals surface area contributed by atoms with Crippen LogP contribution in [0.4, 0.5) is 13.2 Å². The van der Waals surface area contributed by atoms with E-state index in [9.17, 15) is 18.0 Å². The van der Waals surface area contributed by atoms with E-state index in [0.717, 1.165) is 0 Å². The average molecular weight is 303 g/mol. The van der Waals surface area contributed by atoms with Crippen LogP contribution in [0.1, 0.15) is 18.5 Å². The molecule has 1 atom stereocenters. The van der Waals surface area contributed by atoms with E-state index in [1.165, 1.54) is 24.3 Å². The van der Waals surface area contributed by atoms with Crippen LogP contribution in [-0.2, 0) is 4.79 Å². The van der Waals surface area contributed by atoms with E-state index >= 15 is 0 Å². The molecule has 1 N–H and O–H groups in total. The zero-order chi connectivity index (χ0) is 16.0. The van der Waals surface area contributed by atoms with Crippen LogP contribution in [-0.4, -0.2) is 35.4 Å². The van der Waals surface area contributed by atoms with Gasteiger partial charge in [0.05, 0.1) is 6.54 Å². The Morgan fingerprint density at radius 2 is 2.00 bits per heavy atom. The fourth-order valence-electron chi connectivity index (χ4n) is 1.86. The Morgan fingerprint density at radius 1 is 1.43 bits per heavy atom. The minimum Gasteiger partial charge on any atom is -0.480 e. The number of ether oxygens (including phenoxy) is 1. The van der Waals surface area contributed by atoms with Gasteiger partial charge in [-0.05, 0) is 24.6 Å². The molecule has 1 aromatic rings. The van der Waals surface area contributed by atoms with Crippen molar-refractivity contribution >= 4 is 5.97 Å². The predicted molar refractivity (Wildman–Crippen MR) is 70.9 cm³/mol. The molecule has 4 nitrogen and oxygen atoms in total. The van der Waals surface area contributed by atoms with Crippen LogP contribution in [0, 0.1) is 0 Å². The number of benzene rings is 1. The molecular formula is C14H16F3NO3. The summed E-state index contributed by atoms with van der Waals surface area (Å²) in [4.78, 5) is 12.4. The summed E-state index contributed by atoms with van der Waals surface area (Å²) in [7, 11) is 0. The van der Waals surface area contributed by atoms with E-state index in [0.29, 0.717) is 12.1 Å². The topological polar surface area (TPSA) is 49.8 Å². The van der Waals surface area contributed by atoms with Crippen LogP contribution in [0.2, 0.25) is 0 Å². The van der Waals surface area contributed by atoms with Gasteiger partial charge in [-0.25, -0.2) is 0 Å². The fraction of sp³-hybridized carbons (Fsp3) is 0.357. The first kappa shape index (κ1) is 17.0. The van der Waals surface area contributed by atoms with Gasteiger partial charge in [0.1, 0.15) is 5.75 Å². The number of nitrogens with zero attached hydrogens (tertiary/aromatic N) is 1. The monoisotopic (exact) mass is 303 g/mol. The minimum absolute atomic E-state index is 0.187. The molecule has 0 heterocycles. The van der Waals surface area contributed by atoms with Crippen LogP contribution in [0.15, 0.2) is 36.9 Å². The number of aliphatic carboxylic acids is 1. The Bertz CT molecular complexity index is 485. The highest BCUT2D eigenvalue weighted by Crippen LogP contribution is 2.26. The molecule has 1 rings (SSSR count). The molecule has 0 bridgehead atoms. The van der Waals surface area contributed by atoms with E-state index in [1.54, 1.807) is 17.9 Å². The molecule has 0 aliphatic rings. The summed E-state index contributed by atoms with van der Waals surface area (Å²) in [6.07, 6.45) is -3.16. The number of hydrogen-bond donors (Lipinski definition) is 1. The summed E-state index contributed by atoms with van der Waals surface area (Å²) < 4.78 is 40.0. The highest BCUT2D eigenvalue weighted by molar-refractivity contribution is 5.69. The third-order valence-corrected chi connectivity index (χ3v) is 2.85. The molecule has 7 heteroatoms. The molecule has 0 spiro atoms. The normalized spacial score (nSPS) is 13.0. The van der Waals surface area contributed by atoms with Crippen LogP contribution >= 0.6 is 0 Å². The van der Waals surface area contributed by atoms with Gasteiger partial charge in [-0.1, -0.05) is 18.2 Å². The molecule has 0 aliphatic heterocycles. The molecule has 0 aliphatic carbocycles. The highest BCUT2D eigenvalue weighted by atomic mass is 19.4. The van der Waals surface area contributed by atoms with Crippen molar-refractivity contribution in [1.82, 2.24) is 4.90 Å². The summed E-state index contributed by atoms with van der Waals surface area (Å²) in [6, 6.07) is 5.07. The third kappa shape index (κ3) is 5.86. The second-order valence-electron chi connectivity index (χ2n) is 4.40. The first-order valence-corrected chi connectivity index (χ1v) is 6.15. The van der Waals surface area contributed by atoms with Gasteiger partial charge in [-0.15, -0.1) is 19.8 Å². The van der Waals surface area contributed by atoms with E-state index in [-0.39, 0.29) is 18.3 Å². The lowest BCUT2D eigenvalue weighted by atomic mass is 10.1. The Balaban J connectivity index is 2.83. The maximum atomic E-state index is 12.1. The molecule has 1 aromatic carbocycles. The number of carbonyl (C=O) groups is 1. The Hall–Kier alpha value is -2.02. The molecule has 0 amide bonds. The van der Waals surface area contributed by atoms with Crippen LogP contribution in [0.5, 0.6) is 5.75 Å². The van der Waals surface area contributed by atoms with E-state index in [1.807, 2.05) is 0 Å². The molecule has 1 unspecified atom stereocenters. The first-order chi connectivity index (χ1) is 9.73. The quantitative estimate of drug-likeness (QED) is 0.786. The largest absolute Gasteiger partial charge is 0.573 e. The number of carboxylic acid groups (broad SMARTS) is 1. The van der Waals surface area contributed by atoms with Gasteiger partial charge >= 0.3 is 12.3 Å². The number of rotatable bonds is 7. The summed E-state index contributed by atoms with van der Waals surface area (Å²) in [6.45, 7) is 5.50. The predicted octanol–water partition coefficient (Wildman–Crippen LogP) is 3.22. The number of hydrogen-bond acceptors (Lipinski definition) is 3. The lowest BCUT2D eigenvalue weighted by Crippen LogP contribution is -2.32. The maximum absolute atomic E-state index is 12.1. The molecule has 0 saturated carbocycles. The average Bonchev–Trinajstić information content (AvgIpc) is 2.36. The fourth-order valence-corrected chi connectivity index (χ4v) is 1.86. The molecular weight excluding hydrogens is 287 g/mol. The Morgan fingerprint density at radius 3 is 2.43 bits per heavy atom. The van der Waals surface area contributed by atoms with Crippen molar-refractivity contribution in [2.75, 3.05) is 13.1 Å². The standard InChI is InChI=1S/C14H16F3NO3/c1-3-8-18(9-13(19)20)10(2)11-4-6-12(7-5-11)21-14(15,16)17/h3-7,10H,1,8-9H2,2H3,(H,19,20). The second-order valence-corrected chi connectivity index (χ2v) is 4.40.